The zero-order valence-corrected chi connectivity index (χ0v) is 15.7. The Bertz CT molecular complexity index is 605. The number of likely N-dealkylation sites (tertiary alicyclic amines) is 1. The highest BCUT2D eigenvalue weighted by molar-refractivity contribution is 5.90. The summed E-state index contributed by atoms with van der Waals surface area (Å²) in [6, 6.07) is 4.47. The monoisotopic (exact) mass is 345 g/mol. The lowest BCUT2D eigenvalue weighted by Gasteiger charge is -2.56. The van der Waals surface area contributed by atoms with Crippen molar-refractivity contribution in [3.8, 4) is 0 Å². The number of ether oxygens (including phenoxy) is 1. The van der Waals surface area contributed by atoms with Crippen molar-refractivity contribution in [1.82, 2.24) is 9.88 Å². The first-order chi connectivity index (χ1) is 12.0. The largest absolute Gasteiger partial charge is 0.373 e. The number of aromatic nitrogens is 1. The minimum Gasteiger partial charge on any atom is -0.373 e. The van der Waals surface area contributed by atoms with Gasteiger partial charge in [-0.3, -0.25) is 14.7 Å². The summed E-state index contributed by atoms with van der Waals surface area (Å²) in [5, 5.41) is 0. The van der Waals surface area contributed by atoms with Gasteiger partial charge in [-0.1, -0.05) is 19.8 Å². The normalized spacial score (nSPS) is 30.8. The third-order valence-corrected chi connectivity index (χ3v) is 6.36. The lowest BCUT2D eigenvalue weighted by Crippen LogP contribution is -2.60. The number of primary amides is 1. The maximum Gasteiger partial charge on any atom is 0.267 e. The van der Waals surface area contributed by atoms with Crippen LogP contribution in [0.1, 0.15) is 62.0 Å². The molecule has 0 radical (unpaired) electrons. The van der Waals surface area contributed by atoms with Crippen molar-refractivity contribution in [2.75, 3.05) is 20.2 Å². The molecule has 3 atom stereocenters. The Kier molecular flexibility index (Phi) is 5.44. The fourth-order valence-corrected chi connectivity index (χ4v) is 5.16. The molecule has 2 unspecified atom stereocenters. The Balaban J connectivity index is 1.96. The predicted molar refractivity (Wildman–Crippen MR) is 98.2 cm³/mol. The molecular formula is C20H31N3O2. The zero-order valence-electron chi connectivity index (χ0n) is 15.7. The molecule has 0 aromatic carbocycles. The standard InChI is InChI=1S/C20H31N3O2/c1-4-6-14(2)23-12-16-7-5-8-17(13-23)20(16,25-3)15-9-10-22-18(11-15)19(21)24/h9-11,14,16-17H,4-8,12-13H2,1-3H3,(H2,21,24)/t14-,16?,17?,20?/m1/s1. The number of fused-ring (bicyclic) bond motifs is 2. The second kappa shape index (κ2) is 7.42. The number of nitrogens with zero attached hydrogens (tertiary/aromatic N) is 2. The first kappa shape index (κ1) is 18.3. The second-order valence-corrected chi connectivity index (χ2v) is 7.71. The van der Waals surface area contributed by atoms with Gasteiger partial charge in [0.15, 0.2) is 0 Å². The highest BCUT2D eigenvalue weighted by Gasteiger charge is 2.53. The van der Waals surface area contributed by atoms with E-state index in [1.165, 1.54) is 19.3 Å². The summed E-state index contributed by atoms with van der Waals surface area (Å²) in [5.41, 5.74) is 6.53. The van der Waals surface area contributed by atoms with Crippen molar-refractivity contribution in [3.63, 3.8) is 0 Å². The van der Waals surface area contributed by atoms with Crippen LogP contribution in [0.2, 0.25) is 0 Å². The van der Waals surface area contributed by atoms with Crippen molar-refractivity contribution in [1.29, 1.82) is 0 Å². The molecule has 1 saturated heterocycles. The number of amides is 1. The summed E-state index contributed by atoms with van der Waals surface area (Å²) >= 11 is 0. The third kappa shape index (κ3) is 3.20. The number of carbonyl (C=O) groups excluding carboxylic acids is 1. The van der Waals surface area contributed by atoms with Crippen LogP contribution in [0.5, 0.6) is 0 Å². The average molecular weight is 345 g/mol. The summed E-state index contributed by atoms with van der Waals surface area (Å²) in [6.07, 6.45) is 7.72. The number of hydrogen-bond donors (Lipinski definition) is 1. The minimum atomic E-state index is -0.479. The fourth-order valence-electron chi connectivity index (χ4n) is 5.16. The molecule has 25 heavy (non-hydrogen) atoms. The van der Waals surface area contributed by atoms with Crippen LogP contribution in [0.25, 0.3) is 0 Å². The van der Waals surface area contributed by atoms with Gasteiger partial charge in [0.25, 0.3) is 5.91 Å². The number of pyridine rings is 1. The van der Waals surface area contributed by atoms with Gasteiger partial charge in [0.2, 0.25) is 0 Å². The highest BCUT2D eigenvalue weighted by Crippen LogP contribution is 2.51. The van der Waals surface area contributed by atoms with E-state index in [2.05, 4.69) is 23.7 Å². The van der Waals surface area contributed by atoms with Gasteiger partial charge in [-0.05, 0) is 43.9 Å². The Labute approximate surface area is 150 Å². The van der Waals surface area contributed by atoms with E-state index >= 15 is 0 Å². The molecule has 1 saturated carbocycles. The molecule has 2 heterocycles. The van der Waals surface area contributed by atoms with E-state index in [-0.39, 0.29) is 5.60 Å². The zero-order chi connectivity index (χ0) is 18.0. The Morgan fingerprint density at radius 2 is 2.12 bits per heavy atom. The number of carbonyl (C=O) groups is 1. The molecule has 3 rings (SSSR count). The third-order valence-electron chi connectivity index (χ3n) is 6.36. The van der Waals surface area contributed by atoms with Crippen LogP contribution in [0.15, 0.2) is 18.3 Å². The molecule has 2 aliphatic rings. The predicted octanol–water partition coefficient (Wildman–Crippen LogP) is 2.94. The van der Waals surface area contributed by atoms with Crippen molar-refractivity contribution in [2.45, 2.75) is 57.6 Å². The molecule has 138 valence electrons. The van der Waals surface area contributed by atoms with Crippen molar-refractivity contribution in [3.05, 3.63) is 29.6 Å². The van der Waals surface area contributed by atoms with Gasteiger partial charge in [-0.2, -0.15) is 0 Å². The van der Waals surface area contributed by atoms with E-state index < -0.39 is 5.91 Å². The number of hydrogen-bond acceptors (Lipinski definition) is 4. The number of methoxy groups -OCH3 is 1. The van der Waals surface area contributed by atoms with Crippen LogP contribution in [-0.2, 0) is 10.3 Å². The molecule has 1 aromatic rings. The van der Waals surface area contributed by atoms with Gasteiger partial charge in [-0.25, -0.2) is 0 Å². The summed E-state index contributed by atoms with van der Waals surface area (Å²) < 4.78 is 6.25. The lowest BCUT2D eigenvalue weighted by molar-refractivity contribution is -0.173. The summed E-state index contributed by atoms with van der Waals surface area (Å²) in [4.78, 5) is 18.4. The lowest BCUT2D eigenvalue weighted by atomic mass is 9.62. The van der Waals surface area contributed by atoms with Gasteiger partial charge < -0.3 is 10.5 Å². The van der Waals surface area contributed by atoms with Crippen molar-refractivity contribution in [2.24, 2.45) is 17.6 Å². The highest BCUT2D eigenvalue weighted by atomic mass is 16.5. The van der Waals surface area contributed by atoms with E-state index in [4.69, 9.17) is 10.5 Å². The van der Waals surface area contributed by atoms with Gasteiger partial charge in [0.05, 0.1) is 0 Å². The maximum absolute atomic E-state index is 11.6. The van der Waals surface area contributed by atoms with Crippen LogP contribution in [0.3, 0.4) is 0 Å². The molecule has 2 N–H and O–H groups in total. The van der Waals surface area contributed by atoms with Crippen LogP contribution in [0.4, 0.5) is 0 Å². The first-order valence-electron chi connectivity index (χ1n) is 9.58. The van der Waals surface area contributed by atoms with Crippen molar-refractivity contribution < 1.29 is 9.53 Å². The number of rotatable bonds is 6. The average Bonchev–Trinajstić information content (AvgIpc) is 2.60. The van der Waals surface area contributed by atoms with Crippen LogP contribution in [0, 0.1) is 11.8 Å². The molecule has 5 nitrogen and oxygen atoms in total. The van der Waals surface area contributed by atoms with Crippen LogP contribution < -0.4 is 5.73 Å². The van der Waals surface area contributed by atoms with E-state index in [0.29, 0.717) is 23.6 Å². The maximum atomic E-state index is 11.6. The van der Waals surface area contributed by atoms with E-state index in [9.17, 15) is 4.79 Å². The topological polar surface area (TPSA) is 68.4 Å². The molecule has 5 heteroatoms. The number of piperidine rings is 1. The van der Waals surface area contributed by atoms with Gasteiger partial charge in [0.1, 0.15) is 11.3 Å². The van der Waals surface area contributed by atoms with Crippen LogP contribution >= 0.6 is 0 Å². The molecule has 2 bridgehead atoms. The van der Waals surface area contributed by atoms with E-state index in [1.54, 1.807) is 6.20 Å². The first-order valence-corrected chi connectivity index (χ1v) is 9.58. The molecule has 1 aliphatic carbocycles. The summed E-state index contributed by atoms with van der Waals surface area (Å²) in [5.74, 6) is 0.395. The second-order valence-electron chi connectivity index (χ2n) is 7.71. The Morgan fingerprint density at radius 3 is 2.68 bits per heavy atom. The summed E-state index contributed by atoms with van der Waals surface area (Å²) in [6.45, 7) is 6.71. The van der Waals surface area contributed by atoms with Crippen molar-refractivity contribution >= 4 is 5.91 Å². The van der Waals surface area contributed by atoms with Gasteiger partial charge in [0, 0.05) is 44.3 Å². The number of nitrogens with two attached hydrogens (primary N) is 1. The van der Waals surface area contributed by atoms with E-state index in [0.717, 1.165) is 31.5 Å². The summed E-state index contributed by atoms with van der Waals surface area (Å²) in [7, 11) is 1.82. The Morgan fingerprint density at radius 1 is 1.44 bits per heavy atom. The molecule has 0 spiro atoms. The minimum absolute atomic E-state index is 0.326. The molecule has 1 aromatic heterocycles. The van der Waals surface area contributed by atoms with Gasteiger partial charge in [-0.15, -0.1) is 0 Å². The smallest absolute Gasteiger partial charge is 0.267 e. The van der Waals surface area contributed by atoms with Gasteiger partial charge >= 0.3 is 0 Å². The Hall–Kier alpha value is -1.46. The van der Waals surface area contributed by atoms with E-state index in [1.807, 2.05) is 19.2 Å². The van der Waals surface area contributed by atoms with Crippen LogP contribution in [-0.4, -0.2) is 42.0 Å². The SMILES string of the molecule is CCC[C@@H](C)N1CC2CCCC(C1)C2(OC)c1ccnc(C(N)=O)c1. The molecule has 1 amide bonds. The molecular weight excluding hydrogens is 314 g/mol. The molecule has 2 fully saturated rings. The fraction of sp³-hybridized carbons (Fsp3) is 0.700. The quantitative estimate of drug-likeness (QED) is 0.861. The molecule has 1 aliphatic heterocycles.